The molecule has 4 rings (SSSR count). The summed E-state index contributed by atoms with van der Waals surface area (Å²) in [5.74, 6) is 0. The van der Waals surface area contributed by atoms with Crippen LogP contribution in [0.1, 0.15) is 16.7 Å². The zero-order chi connectivity index (χ0) is 23.0. The molecule has 0 bridgehead atoms. The van der Waals surface area contributed by atoms with E-state index >= 15 is 0 Å². The second-order valence-electron chi connectivity index (χ2n) is 8.26. The van der Waals surface area contributed by atoms with Crippen molar-refractivity contribution in [1.82, 2.24) is 0 Å². The number of aliphatic hydroxyl groups excluding tert-OH is 3. The van der Waals surface area contributed by atoms with Crippen LogP contribution in [0.3, 0.4) is 0 Å². The first-order valence-electron chi connectivity index (χ1n) is 11.1. The monoisotopic (exact) mass is 450 g/mol. The molecule has 1 aliphatic rings. The van der Waals surface area contributed by atoms with Gasteiger partial charge in [-0.3, -0.25) is 0 Å². The van der Waals surface area contributed by atoms with Gasteiger partial charge in [-0.25, -0.2) is 0 Å². The van der Waals surface area contributed by atoms with Gasteiger partial charge in [0.15, 0.2) is 0 Å². The van der Waals surface area contributed by atoms with Gasteiger partial charge in [0.25, 0.3) is 0 Å². The van der Waals surface area contributed by atoms with Crippen molar-refractivity contribution in [3.63, 3.8) is 0 Å². The van der Waals surface area contributed by atoms with E-state index in [-0.39, 0.29) is 19.8 Å². The second kappa shape index (κ2) is 11.5. The molecule has 0 spiro atoms. The van der Waals surface area contributed by atoms with Gasteiger partial charge < -0.3 is 29.5 Å². The van der Waals surface area contributed by atoms with Crippen molar-refractivity contribution >= 4 is 0 Å². The van der Waals surface area contributed by atoms with E-state index in [1.165, 1.54) is 0 Å². The lowest BCUT2D eigenvalue weighted by atomic mass is 9.84. The summed E-state index contributed by atoms with van der Waals surface area (Å²) < 4.78 is 18.3. The van der Waals surface area contributed by atoms with Crippen LogP contribution in [0, 0.1) is 0 Å². The first-order valence-corrected chi connectivity index (χ1v) is 11.1. The van der Waals surface area contributed by atoms with Crippen LogP contribution in [-0.4, -0.2) is 51.9 Å². The Kier molecular flexibility index (Phi) is 8.23. The summed E-state index contributed by atoms with van der Waals surface area (Å²) in [5.41, 5.74) is 2.79. The van der Waals surface area contributed by atoms with E-state index in [9.17, 15) is 15.3 Å². The Balaban J connectivity index is 1.54. The summed E-state index contributed by atoms with van der Waals surface area (Å²) in [6.07, 6.45) is -6.68. The molecule has 0 aromatic heterocycles. The molecule has 1 fully saturated rings. The summed E-state index contributed by atoms with van der Waals surface area (Å²) in [6, 6.07) is 28.8. The quantitative estimate of drug-likeness (QED) is 0.465. The molecule has 0 amide bonds. The lowest BCUT2D eigenvalue weighted by Gasteiger charge is -2.45. The van der Waals surface area contributed by atoms with Crippen LogP contribution in [-0.2, 0) is 34.0 Å². The van der Waals surface area contributed by atoms with Gasteiger partial charge in [0.1, 0.15) is 36.6 Å². The molecule has 1 aliphatic carbocycles. The molecular formula is C27H30O6. The van der Waals surface area contributed by atoms with Crippen molar-refractivity contribution in [2.24, 2.45) is 0 Å². The molecule has 0 unspecified atom stereocenters. The Morgan fingerprint density at radius 3 is 1.06 bits per heavy atom. The summed E-state index contributed by atoms with van der Waals surface area (Å²) in [4.78, 5) is 0. The summed E-state index contributed by atoms with van der Waals surface area (Å²) in [7, 11) is 0. The predicted octanol–water partition coefficient (Wildman–Crippen LogP) is 2.84. The summed E-state index contributed by atoms with van der Waals surface area (Å²) >= 11 is 0. The van der Waals surface area contributed by atoms with Crippen LogP contribution >= 0.6 is 0 Å². The van der Waals surface area contributed by atoms with Crippen molar-refractivity contribution in [2.75, 3.05) is 0 Å². The average Bonchev–Trinajstić information content (AvgIpc) is 2.87. The van der Waals surface area contributed by atoms with Crippen LogP contribution in [0.25, 0.3) is 0 Å². The highest BCUT2D eigenvalue weighted by molar-refractivity contribution is 5.16. The number of aliphatic hydroxyl groups is 3. The molecule has 33 heavy (non-hydrogen) atoms. The van der Waals surface area contributed by atoms with Crippen molar-refractivity contribution < 1.29 is 29.5 Å². The van der Waals surface area contributed by atoms with Crippen molar-refractivity contribution in [1.29, 1.82) is 0 Å². The Bertz CT molecular complexity index is 895. The van der Waals surface area contributed by atoms with Gasteiger partial charge in [-0.2, -0.15) is 0 Å². The highest BCUT2D eigenvalue weighted by Gasteiger charge is 2.51. The minimum Gasteiger partial charge on any atom is -0.387 e. The number of benzene rings is 3. The predicted molar refractivity (Wildman–Crippen MR) is 123 cm³/mol. The maximum atomic E-state index is 10.8. The van der Waals surface area contributed by atoms with Crippen molar-refractivity contribution in [3.8, 4) is 0 Å². The van der Waals surface area contributed by atoms with E-state index < -0.39 is 36.6 Å². The van der Waals surface area contributed by atoms with Gasteiger partial charge in [0.05, 0.1) is 19.8 Å². The molecule has 0 aliphatic heterocycles. The fraction of sp³-hybridized carbons (Fsp3) is 0.333. The van der Waals surface area contributed by atoms with Gasteiger partial charge in [0.2, 0.25) is 0 Å². The van der Waals surface area contributed by atoms with E-state index in [0.717, 1.165) is 16.7 Å². The summed E-state index contributed by atoms with van der Waals surface area (Å²) in [5, 5.41) is 32.1. The molecule has 0 saturated heterocycles. The minimum absolute atomic E-state index is 0.224. The Labute approximate surface area is 194 Å². The van der Waals surface area contributed by atoms with E-state index in [4.69, 9.17) is 14.2 Å². The Morgan fingerprint density at radius 1 is 0.424 bits per heavy atom. The molecule has 174 valence electrons. The normalized spacial score (nSPS) is 27.4. The third-order valence-electron chi connectivity index (χ3n) is 5.88. The number of ether oxygens (including phenoxy) is 3. The van der Waals surface area contributed by atoms with Gasteiger partial charge in [-0.1, -0.05) is 91.0 Å². The Hall–Kier alpha value is -2.58. The largest absolute Gasteiger partial charge is 0.387 e. The van der Waals surface area contributed by atoms with Crippen LogP contribution in [0.5, 0.6) is 0 Å². The van der Waals surface area contributed by atoms with Gasteiger partial charge in [-0.15, -0.1) is 0 Å². The maximum absolute atomic E-state index is 10.8. The number of rotatable bonds is 9. The van der Waals surface area contributed by atoms with Gasteiger partial charge >= 0.3 is 0 Å². The average molecular weight is 451 g/mol. The Morgan fingerprint density at radius 2 is 0.727 bits per heavy atom. The van der Waals surface area contributed by atoms with E-state index in [1.807, 2.05) is 91.0 Å². The maximum Gasteiger partial charge on any atom is 0.116 e. The standard InChI is InChI=1S/C27H30O6/c28-22-23(29)25(31-16-19-10-4-1-5-11-19)27(33-18-21-14-8-3-9-15-21)26(24(22)30)32-17-20-12-6-2-7-13-20/h1-15,22-30H,16-18H2/t22-,23-,24-,25+,26-,27-/m1/s1. The minimum atomic E-state index is -1.43. The molecule has 3 aromatic rings. The molecule has 1 saturated carbocycles. The SMILES string of the molecule is O[C@H]1[C@@H](O)[C@@H](OCc2ccccc2)[C@H](OCc2ccccc2)[C@@H](OCc2ccccc2)[C@@H]1O. The molecule has 3 N–H and O–H groups in total. The van der Waals surface area contributed by atoms with E-state index in [1.54, 1.807) is 0 Å². The first kappa shape index (κ1) is 23.6. The fourth-order valence-corrected chi connectivity index (χ4v) is 4.04. The van der Waals surface area contributed by atoms with Crippen LogP contribution in [0.15, 0.2) is 91.0 Å². The lowest BCUT2D eigenvalue weighted by molar-refractivity contribution is -0.263. The fourth-order valence-electron chi connectivity index (χ4n) is 4.04. The third kappa shape index (κ3) is 6.06. The van der Waals surface area contributed by atoms with E-state index in [2.05, 4.69) is 0 Å². The number of hydrogen-bond acceptors (Lipinski definition) is 6. The molecule has 0 heterocycles. The van der Waals surface area contributed by atoms with Crippen LogP contribution in [0.2, 0.25) is 0 Å². The highest BCUT2D eigenvalue weighted by atomic mass is 16.6. The lowest BCUT2D eigenvalue weighted by Crippen LogP contribution is -2.65. The first-order chi connectivity index (χ1) is 16.1. The van der Waals surface area contributed by atoms with Crippen LogP contribution in [0.4, 0.5) is 0 Å². The van der Waals surface area contributed by atoms with E-state index in [0.29, 0.717) is 0 Å². The van der Waals surface area contributed by atoms with Gasteiger partial charge in [-0.05, 0) is 16.7 Å². The van der Waals surface area contributed by atoms with Crippen molar-refractivity contribution in [3.05, 3.63) is 108 Å². The molecule has 3 aromatic carbocycles. The topological polar surface area (TPSA) is 88.4 Å². The third-order valence-corrected chi connectivity index (χ3v) is 5.88. The molecule has 6 atom stereocenters. The molecule has 6 nitrogen and oxygen atoms in total. The highest BCUT2D eigenvalue weighted by Crippen LogP contribution is 2.30. The number of hydrogen-bond donors (Lipinski definition) is 3. The van der Waals surface area contributed by atoms with Crippen LogP contribution < -0.4 is 0 Å². The molecule has 6 heteroatoms. The van der Waals surface area contributed by atoms with Gasteiger partial charge in [0, 0.05) is 0 Å². The molecule has 0 radical (unpaired) electrons. The molecular weight excluding hydrogens is 420 g/mol. The van der Waals surface area contributed by atoms with Crippen molar-refractivity contribution in [2.45, 2.75) is 56.4 Å². The summed E-state index contributed by atoms with van der Waals surface area (Å²) in [6.45, 7) is 0.696. The smallest absolute Gasteiger partial charge is 0.116 e. The zero-order valence-electron chi connectivity index (χ0n) is 18.3. The second-order valence-corrected chi connectivity index (χ2v) is 8.26. The zero-order valence-corrected chi connectivity index (χ0v) is 18.3.